The van der Waals surface area contributed by atoms with E-state index in [0.717, 1.165) is 10.7 Å². The van der Waals surface area contributed by atoms with E-state index in [1.807, 2.05) is 0 Å². The predicted octanol–water partition coefficient (Wildman–Crippen LogP) is 0.690. The third-order valence-corrected chi connectivity index (χ3v) is 4.20. The van der Waals surface area contributed by atoms with Gasteiger partial charge in [-0.3, -0.25) is 8.75 Å². The second-order valence-corrected chi connectivity index (χ2v) is 5.31. The number of nitrogens with zero attached hydrogens (tertiary/aromatic N) is 1. The van der Waals surface area contributed by atoms with Gasteiger partial charge in [-0.15, -0.1) is 4.08 Å². The Hall–Kier alpha value is 0.230. The van der Waals surface area contributed by atoms with Crippen molar-refractivity contribution >= 4 is 18.9 Å². The molecule has 4 nitrogen and oxygen atoms in total. The van der Waals surface area contributed by atoms with Gasteiger partial charge in [-0.25, -0.2) is 4.21 Å². The van der Waals surface area contributed by atoms with Crippen LogP contribution in [0.15, 0.2) is 0 Å². The van der Waals surface area contributed by atoms with Gasteiger partial charge in [-0.2, -0.15) is 4.20 Å². The van der Waals surface area contributed by atoms with Crippen molar-refractivity contribution in [1.82, 2.24) is 4.08 Å². The topological polar surface area (TPSA) is 46.6 Å². The van der Waals surface area contributed by atoms with Gasteiger partial charge in [0.1, 0.15) is 0 Å². The maximum atomic E-state index is 12.6. The van der Waals surface area contributed by atoms with Crippen molar-refractivity contribution in [2.75, 3.05) is 19.8 Å². The highest BCUT2D eigenvalue weighted by Crippen LogP contribution is 2.49. The lowest BCUT2D eigenvalue weighted by Crippen LogP contribution is -2.14. The van der Waals surface area contributed by atoms with Crippen molar-refractivity contribution in [2.45, 2.75) is 0 Å². The van der Waals surface area contributed by atoms with Crippen molar-refractivity contribution in [3.63, 3.8) is 0 Å². The van der Waals surface area contributed by atoms with Gasteiger partial charge >= 0.3 is 7.60 Å². The molecule has 0 aromatic rings. The minimum Gasteiger partial charge on any atom is -0.276 e. The molecule has 0 aliphatic carbocycles. The molecule has 1 aliphatic rings. The van der Waals surface area contributed by atoms with E-state index in [4.69, 9.17) is 0 Å². The molecule has 0 bridgehead atoms. The predicted molar refractivity (Wildman–Crippen MR) is 35.4 cm³/mol. The molecule has 2 unspecified atom stereocenters. The van der Waals surface area contributed by atoms with Gasteiger partial charge < -0.3 is 0 Å². The summed E-state index contributed by atoms with van der Waals surface area (Å²) in [5.74, 6) is 0. The lowest BCUT2D eigenvalue weighted by molar-refractivity contribution is 0.390. The van der Waals surface area contributed by atoms with E-state index in [-0.39, 0.29) is 13.2 Å². The van der Waals surface area contributed by atoms with Gasteiger partial charge in [0.15, 0.2) is 0 Å². The fraction of sp³-hybridized carbons (Fsp3) is 1.00. The molecule has 1 aliphatic heterocycles. The van der Waals surface area contributed by atoms with Crippen molar-refractivity contribution in [3.05, 3.63) is 0 Å². The van der Waals surface area contributed by atoms with Gasteiger partial charge in [-0.05, 0) is 0 Å². The van der Waals surface area contributed by atoms with Crippen LogP contribution in [-0.2, 0) is 20.0 Å². The van der Waals surface area contributed by atoms with Crippen LogP contribution >= 0.6 is 7.60 Å². The summed E-state index contributed by atoms with van der Waals surface area (Å²) in [5, 5.41) is 0. The minimum atomic E-state index is -3.86. The van der Waals surface area contributed by atoms with Gasteiger partial charge in [0.05, 0.1) is 6.61 Å². The highest BCUT2D eigenvalue weighted by molar-refractivity contribution is 7.85. The molecule has 0 spiro atoms. The Bertz CT molecular complexity index is 204. The smallest absolute Gasteiger partial charge is 0.276 e. The molecular formula is C3H7FNO3PS. The number of hydrogen-bond donors (Lipinski definition) is 0. The lowest BCUT2D eigenvalue weighted by Gasteiger charge is -2.10. The Labute approximate surface area is 60.7 Å². The van der Waals surface area contributed by atoms with Crippen molar-refractivity contribution in [1.29, 1.82) is 0 Å². The summed E-state index contributed by atoms with van der Waals surface area (Å²) < 4.78 is 39.0. The molecule has 10 heavy (non-hydrogen) atoms. The normalized spacial score (nSPS) is 34.0. The van der Waals surface area contributed by atoms with E-state index in [0.29, 0.717) is 0 Å². The molecule has 0 amide bonds. The minimum absolute atomic E-state index is 0.136. The van der Waals surface area contributed by atoms with Crippen molar-refractivity contribution < 1.29 is 17.2 Å². The quantitative estimate of drug-likeness (QED) is 0.567. The first-order chi connectivity index (χ1) is 4.52. The Kier molecular flexibility index (Phi) is 2.24. The summed E-state index contributed by atoms with van der Waals surface area (Å²) in [5.41, 5.74) is 0. The third-order valence-electron chi connectivity index (χ3n) is 1.04. The van der Waals surface area contributed by atoms with Crippen molar-refractivity contribution in [3.8, 4) is 0 Å². The number of halogens is 1. The molecule has 0 N–H and O–H groups in total. The molecule has 0 radical (unpaired) electrons. The van der Waals surface area contributed by atoms with E-state index in [2.05, 4.69) is 4.18 Å². The second kappa shape index (κ2) is 2.70. The van der Waals surface area contributed by atoms with Gasteiger partial charge in [0.2, 0.25) is 11.3 Å². The number of hydrogen-bond acceptors (Lipinski definition) is 3. The zero-order valence-corrected chi connectivity index (χ0v) is 7.03. The number of rotatable bonds is 1. The average Bonchev–Trinajstić information content (AvgIpc) is 2.11. The third kappa shape index (κ3) is 1.63. The second-order valence-electron chi connectivity index (χ2n) is 1.89. The van der Waals surface area contributed by atoms with Crippen LogP contribution in [0.2, 0.25) is 0 Å². The maximum Gasteiger partial charge on any atom is 0.320 e. The maximum absolute atomic E-state index is 12.6. The van der Waals surface area contributed by atoms with Crippen LogP contribution in [-0.4, -0.2) is 28.1 Å². The Morgan fingerprint density at radius 1 is 1.80 bits per heavy atom. The highest BCUT2D eigenvalue weighted by Gasteiger charge is 2.34. The summed E-state index contributed by atoms with van der Waals surface area (Å²) in [7, 11) is -3.86. The fourth-order valence-corrected chi connectivity index (χ4v) is 2.72. The van der Waals surface area contributed by atoms with Crippen LogP contribution in [0.3, 0.4) is 0 Å². The summed E-state index contributed by atoms with van der Waals surface area (Å²) in [6.07, 6.45) is 0. The molecule has 2 atom stereocenters. The van der Waals surface area contributed by atoms with Crippen LogP contribution in [0.1, 0.15) is 0 Å². The molecule has 7 heteroatoms. The Morgan fingerprint density at radius 2 is 2.40 bits per heavy atom. The highest BCUT2D eigenvalue weighted by atomic mass is 32.2. The van der Waals surface area contributed by atoms with E-state index < -0.39 is 18.9 Å². The summed E-state index contributed by atoms with van der Waals surface area (Å²) >= 11 is -1.83. The molecule has 0 aromatic carbocycles. The molecule has 0 aromatic heterocycles. The van der Waals surface area contributed by atoms with Crippen LogP contribution in [0.5, 0.6) is 0 Å². The van der Waals surface area contributed by atoms with Crippen molar-refractivity contribution in [2.24, 2.45) is 0 Å². The van der Waals surface area contributed by atoms with E-state index in [1.165, 1.54) is 0 Å². The first-order valence-electron chi connectivity index (χ1n) is 2.62. The summed E-state index contributed by atoms with van der Waals surface area (Å²) in [6.45, 7) is 1.23. The molecular weight excluding hydrogens is 180 g/mol. The largest absolute Gasteiger partial charge is 0.320 e. The van der Waals surface area contributed by atoms with Gasteiger partial charge in [0.25, 0.3) is 0 Å². The fourth-order valence-electron chi connectivity index (χ4n) is 0.620. The molecule has 1 rings (SSSR count). The zero-order valence-electron chi connectivity index (χ0n) is 5.32. The lowest BCUT2D eigenvalue weighted by atomic mass is 10.8. The molecule has 60 valence electrons. The molecule has 0 saturated carbocycles. The van der Waals surface area contributed by atoms with E-state index in [9.17, 15) is 13.0 Å². The monoisotopic (exact) mass is 187 g/mol. The Balaban J connectivity index is 2.74. The summed E-state index contributed by atoms with van der Waals surface area (Å²) in [4.78, 5) is 0. The first-order valence-corrected chi connectivity index (χ1v) is 5.65. The van der Waals surface area contributed by atoms with Gasteiger partial charge in [-0.1, -0.05) is 0 Å². The molecule has 1 fully saturated rings. The van der Waals surface area contributed by atoms with Gasteiger partial charge in [0, 0.05) is 13.2 Å². The SMILES string of the molecule is CP(=O)(F)N1CCOS1=O. The van der Waals surface area contributed by atoms with Crippen LogP contribution < -0.4 is 0 Å². The van der Waals surface area contributed by atoms with Crippen LogP contribution in [0.4, 0.5) is 4.20 Å². The van der Waals surface area contributed by atoms with E-state index in [1.54, 1.807) is 0 Å². The van der Waals surface area contributed by atoms with Crippen LogP contribution in [0.25, 0.3) is 0 Å². The standard InChI is InChI=1S/C3H7FNO3PS/c1-9(4,6)5-2-3-8-10(5)7/h2-3H2,1H3. The van der Waals surface area contributed by atoms with Crippen LogP contribution in [0, 0.1) is 0 Å². The summed E-state index contributed by atoms with van der Waals surface area (Å²) in [6, 6.07) is 0. The first kappa shape index (κ1) is 8.33. The van der Waals surface area contributed by atoms with E-state index >= 15 is 0 Å². The zero-order chi connectivity index (χ0) is 7.78. The molecule has 1 heterocycles. The molecule has 1 saturated heterocycles. The Morgan fingerprint density at radius 3 is 2.60 bits per heavy atom. The average molecular weight is 187 g/mol.